The van der Waals surface area contributed by atoms with E-state index >= 15 is 0 Å². The first kappa shape index (κ1) is 20.0. The van der Waals surface area contributed by atoms with Crippen LogP contribution in [-0.4, -0.2) is 39.6 Å². The van der Waals surface area contributed by atoms with Crippen LogP contribution in [0.3, 0.4) is 0 Å². The Morgan fingerprint density at radius 2 is 1.88 bits per heavy atom. The Bertz CT molecular complexity index is 1580. The molecule has 0 fully saturated rings. The molecule has 0 saturated carbocycles. The van der Waals surface area contributed by atoms with Gasteiger partial charge in [0.2, 0.25) is 0 Å². The molecule has 3 aromatic heterocycles. The summed E-state index contributed by atoms with van der Waals surface area (Å²) in [5.74, 6) is 0.125. The van der Waals surface area contributed by atoms with E-state index < -0.39 is 15.7 Å². The predicted molar refractivity (Wildman–Crippen MR) is 119 cm³/mol. The summed E-state index contributed by atoms with van der Waals surface area (Å²) in [5.41, 5.74) is 3.30. The number of hydrogen-bond donors (Lipinski definition) is 2. The lowest BCUT2D eigenvalue weighted by Gasteiger charge is -2.14. The fraction of sp³-hybridized carbons (Fsp3) is 0.0909. The molecule has 0 aliphatic rings. The van der Waals surface area contributed by atoms with Crippen LogP contribution in [0, 0.1) is 5.82 Å². The van der Waals surface area contributed by atoms with Crippen LogP contribution in [0.25, 0.3) is 33.3 Å². The fourth-order valence-corrected chi connectivity index (χ4v) is 4.45. The topological polar surface area (TPSA) is 114 Å². The highest BCUT2D eigenvalue weighted by atomic mass is 32.2. The van der Waals surface area contributed by atoms with E-state index in [1.165, 1.54) is 30.9 Å². The molecule has 32 heavy (non-hydrogen) atoms. The van der Waals surface area contributed by atoms with Gasteiger partial charge >= 0.3 is 0 Å². The molecule has 8 nitrogen and oxygen atoms in total. The maximum atomic E-state index is 14.0. The first-order chi connectivity index (χ1) is 15.4. The molecular formula is C22H17FN6O2S. The van der Waals surface area contributed by atoms with E-state index in [1.807, 2.05) is 6.07 Å². The molecule has 2 aromatic carbocycles. The van der Waals surface area contributed by atoms with Gasteiger partial charge in [-0.2, -0.15) is 0 Å². The van der Waals surface area contributed by atoms with E-state index in [-0.39, 0.29) is 4.90 Å². The number of nitrogens with zero attached hydrogens (tertiary/aromatic N) is 4. The Labute approximate surface area is 182 Å². The molecule has 160 valence electrons. The van der Waals surface area contributed by atoms with Crippen molar-refractivity contribution < 1.29 is 12.8 Å². The van der Waals surface area contributed by atoms with Gasteiger partial charge in [0, 0.05) is 23.8 Å². The maximum absolute atomic E-state index is 14.0. The molecule has 0 aliphatic heterocycles. The van der Waals surface area contributed by atoms with E-state index in [0.717, 1.165) is 11.8 Å². The average Bonchev–Trinajstić information content (AvgIpc) is 3.25. The van der Waals surface area contributed by atoms with Crippen LogP contribution in [0.15, 0.2) is 66.1 Å². The lowest BCUT2D eigenvalue weighted by molar-refractivity contribution is 0.602. The Morgan fingerprint density at radius 1 is 1.03 bits per heavy atom. The van der Waals surface area contributed by atoms with Gasteiger partial charge in [-0.25, -0.2) is 32.7 Å². The first-order valence-electron chi connectivity index (χ1n) is 9.67. The number of halogens is 1. The van der Waals surface area contributed by atoms with E-state index in [2.05, 4.69) is 30.2 Å². The van der Waals surface area contributed by atoms with Gasteiger partial charge < -0.3 is 10.3 Å². The highest BCUT2D eigenvalue weighted by Crippen LogP contribution is 2.30. The van der Waals surface area contributed by atoms with E-state index in [0.29, 0.717) is 45.7 Å². The molecule has 0 aliphatic carbocycles. The Kier molecular flexibility index (Phi) is 4.78. The summed E-state index contributed by atoms with van der Waals surface area (Å²) >= 11 is 0. The van der Waals surface area contributed by atoms with Crippen LogP contribution in [0.4, 0.5) is 10.2 Å². The number of rotatable bonds is 5. The molecule has 0 unspecified atom stereocenters. The van der Waals surface area contributed by atoms with Crippen molar-refractivity contribution in [2.75, 3.05) is 11.6 Å². The van der Waals surface area contributed by atoms with E-state index in [9.17, 15) is 12.8 Å². The largest absolute Gasteiger partial charge is 0.364 e. The highest BCUT2D eigenvalue weighted by Gasteiger charge is 2.17. The fourth-order valence-electron chi connectivity index (χ4n) is 3.61. The monoisotopic (exact) mass is 448 g/mol. The van der Waals surface area contributed by atoms with Crippen molar-refractivity contribution in [1.82, 2.24) is 24.9 Å². The Morgan fingerprint density at radius 3 is 2.69 bits per heavy atom. The highest BCUT2D eigenvalue weighted by molar-refractivity contribution is 7.91. The number of H-pyrrole nitrogens is 1. The maximum Gasteiger partial charge on any atom is 0.177 e. The van der Waals surface area contributed by atoms with Crippen molar-refractivity contribution in [2.24, 2.45) is 0 Å². The molecular weight excluding hydrogens is 431 g/mol. The number of fused-ring (bicyclic) bond motifs is 2. The third kappa shape index (κ3) is 3.65. The third-order valence-electron chi connectivity index (χ3n) is 5.05. The summed E-state index contributed by atoms with van der Waals surface area (Å²) in [6, 6.07) is 12.9. The number of aromatic amines is 1. The number of nitrogens with one attached hydrogen (secondary N) is 2. The van der Waals surface area contributed by atoms with Gasteiger partial charge in [0.15, 0.2) is 21.3 Å². The zero-order valence-corrected chi connectivity index (χ0v) is 17.7. The summed E-state index contributed by atoms with van der Waals surface area (Å²) < 4.78 is 38.6. The normalized spacial score (nSPS) is 11.8. The minimum absolute atomic E-state index is 0.126. The molecule has 0 saturated heterocycles. The van der Waals surface area contributed by atoms with Crippen LogP contribution in [0.5, 0.6) is 0 Å². The molecule has 10 heteroatoms. The number of sulfone groups is 1. The van der Waals surface area contributed by atoms with Crippen LogP contribution >= 0.6 is 0 Å². The third-order valence-corrected chi connectivity index (χ3v) is 6.18. The number of para-hydroxylation sites is 1. The van der Waals surface area contributed by atoms with Crippen molar-refractivity contribution in [2.45, 2.75) is 11.4 Å². The summed E-state index contributed by atoms with van der Waals surface area (Å²) in [6.45, 7) is 0.302. The standard InChI is InChI=1S/C22H17FN6O2S/c1-32(30,31)17-7-3-5-13-8-15(10-24-21-20-22(26-11-25-20)28-12-27-21)18(29-19(13)17)14-4-2-6-16(23)9-14/h2-9,11-12H,10H2,1H3,(H2,24,25,26,27,28). The SMILES string of the molecule is CS(=O)(=O)c1cccc2cc(CNc3ncnc4[nH]cnc34)c(-c3cccc(F)c3)nc12. The zero-order valence-electron chi connectivity index (χ0n) is 16.9. The summed E-state index contributed by atoms with van der Waals surface area (Å²) in [4.78, 5) is 20.4. The number of aromatic nitrogens is 5. The van der Waals surface area contributed by atoms with Crippen LogP contribution in [0.1, 0.15) is 5.56 Å². The quantitative estimate of drug-likeness (QED) is 0.421. The molecule has 5 aromatic rings. The molecule has 0 amide bonds. The van der Waals surface area contributed by atoms with Crippen LogP contribution in [0.2, 0.25) is 0 Å². The number of hydrogen-bond acceptors (Lipinski definition) is 7. The number of pyridine rings is 1. The molecule has 2 N–H and O–H groups in total. The van der Waals surface area contributed by atoms with Gasteiger partial charge in [0.05, 0.1) is 22.4 Å². The second-order valence-electron chi connectivity index (χ2n) is 7.28. The van der Waals surface area contributed by atoms with E-state index in [1.54, 1.807) is 24.3 Å². The van der Waals surface area contributed by atoms with Crippen LogP contribution < -0.4 is 5.32 Å². The second-order valence-corrected chi connectivity index (χ2v) is 9.27. The minimum Gasteiger partial charge on any atom is -0.364 e. The van der Waals surface area contributed by atoms with Gasteiger partial charge in [-0.1, -0.05) is 24.3 Å². The van der Waals surface area contributed by atoms with Crippen molar-refractivity contribution in [3.63, 3.8) is 0 Å². The van der Waals surface area contributed by atoms with Gasteiger partial charge in [0.1, 0.15) is 17.7 Å². The summed E-state index contributed by atoms with van der Waals surface area (Å²) in [5, 5.41) is 3.90. The molecule has 5 rings (SSSR count). The number of imidazole rings is 1. The Hall–Kier alpha value is -3.92. The van der Waals surface area contributed by atoms with Crippen molar-refractivity contribution in [3.05, 3.63) is 72.6 Å². The minimum atomic E-state index is -3.50. The van der Waals surface area contributed by atoms with Crippen molar-refractivity contribution >= 4 is 37.7 Å². The predicted octanol–water partition coefficient (Wildman–Crippen LogP) is 3.72. The number of benzene rings is 2. The molecule has 0 bridgehead atoms. The van der Waals surface area contributed by atoms with Gasteiger partial charge in [-0.15, -0.1) is 0 Å². The van der Waals surface area contributed by atoms with E-state index in [4.69, 9.17) is 0 Å². The van der Waals surface area contributed by atoms with Gasteiger partial charge in [-0.3, -0.25) is 0 Å². The summed E-state index contributed by atoms with van der Waals surface area (Å²) in [6.07, 6.45) is 4.10. The lowest BCUT2D eigenvalue weighted by atomic mass is 10.0. The smallest absolute Gasteiger partial charge is 0.177 e. The van der Waals surface area contributed by atoms with Crippen LogP contribution in [-0.2, 0) is 16.4 Å². The van der Waals surface area contributed by atoms with Crippen molar-refractivity contribution in [3.8, 4) is 11.3 Å². The second kappa shape index (κ2) is 7.65. The van der Waals surface area contributed by atoms with Gasteiger partial charge in [0.25, 0.3) is 0 Å². The first-order valence-corrected chi connectivity index (χ1v) is 11.6. The molecule has 0 atom stereocenters. The lowest BCUT2D eigenvalue weighted by Crippen LogP contribution is -2.07. The number of anilines is 1. The Balaban J connectivity index is 1.66. The average molecular weight is 448 g/mol. The molecule has 0 radical (unpaired) electrons. The molecule has 3 heterocycles. The van der Waals surface area contributed by atoms with Crippen molar-refractivity contribution in [1.29, 1.82) is 0 Å². The zero-order chi connectivity index (χ0) is 22.3. The summed E-state index contributed by atoms with van der Waals surface area (Å²) in [7, 11) is -3.50. The van der Waals surface area contributed by atoms with Gasteiger partial charge in [-0.05, 0) is 29.8 Å². The molecule has 0 spiro atoms.